The van der Waals surface area contributed by atoms with Gasteiger partial charge in [0.15, 0.2) is 0 Å². The molecule has 0 saturated heterocycles. The molecule has 0 aliphatic carbocycles. The molecular formula is C16H22N2O2. The highest BCUT2D eigenvalue weighted by atomic mass is 16.5. The zero-order valence-electron chi connectivity index (χ0n) is 12.5. The summed E-state index contributed by atoms with van der Waals surface area (Å²) in [4.78, 5) is 4.45. The standard InChI is InChI=1S/C16H22N2O2/c1-5-16(3,19)10-18-14-11(2)9-17-15-12(14)7-6-8-13(15)20-4/h6-9,19H,5,10H2,1-4H3,(H,17,18). The molecule has 0 aliphatic rings. The van der Waals surface area contributed by atoms with Gasteiger partial charge in [0.25, 0.3) is 0 Å². The first-order valence-corrected chi connectivity index (χ1v) is 6.87. The predicted octanol–water partition coefficient (Wildman–Crippen LogP) is 3.12. The number of aryl methyl sites for hydroxylation is 1. The number of ether oxygens (including phenoxy) is 1. The quantitative estimate of drug-likeness (QED) is 0.879. The number of aliphatic hydroxyl groups is 1. The Bertz CT molecular complexity index is 609. The van der Waals surface area contributed by atoms with Crippen LogP contribution in [0.25, 0.3) is 10.9 Å². The Balaban J connectivity index is 2.44. The van der Waals surface area contributed by atoms with Crippen molar-refractivity contribution in [1.82, 2.24) is 4.98 Å². The number of para-hydroxylation sites is 1. The second-order valence-corrected chi connectivity index (χ2v) is 5.38. The van der Waals surface area contributed by atoms with E-state index < -0.39 is 5.60 Å². The minimum absolute atomic E-state index is 0.501. The zero-order chi connectivity index (χ0) is 14.8. The molecule has 4 heteroatoms. The number of nitrogens with one attached hydrogen (secondary N) is 1. The Labute approximate surface area is 119 Å². The Hall–Kier alpha value is -1.81. The fraction of sp³-hybridized carbons (Fsp3) is 0.438. The summed E-state index contributed by atoms with van der Waals surface area (Å²) in [6, 6.07) is 5.86. The summed E-state index contributed by atoms with van der Waals surface area (Å²) >= 11 is 0. The second-order valence-electron chi connectivity index (χ2n) is 5.38. The van der Waals surface area contributed by atoms with Crippen LogP contribution in [0.3, 0.4) is 0 Å². The molecule has 0 bridgehead atoms. The van der Waals surface area contributed by atoms with Crippen molar-refractivity contribution in [3.63, 3.8) is 0 Å². The van der Waals surface area contributed by atoms with Gasteiger partial charge in [-0.05, 0) is 31.9 Å². The van der Waals surface area contributed by atoms with Crippen molar-refractivity contribution < 1.29 is 9.84 Å². The van der Waals surface area contributed by atoms with E-state index in [-0.39, 0.29) is 0 Å². The van der Waals surface area contributed by atoms with Crippen molar-refractivity contribution in [3.8, 4) is 5.75 Å². The molecule has 1 atom stereocenters. The van der Waals surface area contributed by atoms with Crippen LogP contribution in [0, 0.1) is 6.92 Å². The number of hydrogen-bond donors (Lipinski definition) is 2. The molecule has 2 rings (SSSR count). The number of aromatic nitrogens is 1. The first-order valence-electron chi connectivity index (χ1n) is 6.87. The third-order valence-electron chi connectivity index (χ3n) is 3.68. The molecule has 108 valence electrons. The zero-order valence-corrected chi connectivity index (χ0v) is 12.5. The average molecular weight is 274 g/mol. The lowest BCUT2D eigenvalue weighted by molar-refractivity contribution is 0.0697. The Morgan fingerprint density at radius 3 is 2.80 bits per heavy atom. The van der Waals surface area contributed by atoms with Crippen LogP contribution >= 0.6 is 0 Å². The van der Waals surface area contributed by atoms with Crippen molar-refractivity contribution in [2.45, 2.75) is 32.8 Å². The van der Waals surface area contributed by atoms with Crippen molar-refractivity contribution in [2.75, 3.05) is 19.0 Å². The third kappa shape index (κ3) is 2.85. The van der Waals surface area contributed by atoms with E-state index in [0.717, 1.165) is 27.9 Å². The fourth-order valence-corrected chi connectivity index (χ4v) is 2.10. The largest absolute Gasteiger partial charge is 0.494 e. The number of rotatable bonds is 5. The van der Waals surface area contributed by atoms with Gasteiger partial charge in [-0.15, -0.1) is 0 Å². The molecule has 4 nitrogen and oxygen atoms in total. The monoisotopic (exact) mass is 274 g/mol. The highest BCUT2D eigenvalue weighted by Crippen LogP contribution is 2.31. The lowest BCUT2D eigenvalue weighted by Gasteiger charge is -2.23. The van der Waals surface area contributed by atoms with Gasteiger partial charge in [-0.1, -0.05) is 19.1 Å². The first-order chi connectivity index (χ1) is 9.48. The SMILES string of the molecule is CCC(C)(O)CNc1c(C)cnc2c(OC)cccc12. The number of hydrogen-bond acceptors (Lipinski definition) is 4. The van der Waals surface area contributed by atoms with Crippen molar-refractivity contribution in [3.05, 3.63) is 30.0 Å². The maximum Gasteiger partial charge on any atom is 0.145 e. The highest BCUT2D eigenvalue weighted by molar-refractivity contribution is 5.96. The van der Waals surface area contributed by atoms with E-state index in [1.54, 1.807) is 7.11 Å². The fourth-order valence-electron chi connectivity index (χ4n) is 2.10. The molecule has 0 radical (unpaired) electrons. The summed E-state index contributed by atoms with van der Waals surface area (Å²) in [6.07, 6.45) is 2.53. The van der Waals surface area contributed by atoms with Crippen LogP contribution in [-0.2, 0) is 0 Å². The van der Waals surface area contributed by atoms with Crippen LogP contribution in [-0.4, -0.2) is 29.3 Å². The smallest absolute Gasteiger partial charge is 0.145 e. The van der Waals surface area contributed by atoms with E-state index in [9.17, 15) is 5.11 Å². The van der Waals surface area contributed by atoms with Gasteiger partial charge in [0.2, 0.25) is 0 Å². The molecule has 20 heavy (non-hydrogen) atoms. The number of benzene rings is 1. The Kier molecular flexibility index (Phi) is 4.14. The van der Waals surface area contributed by atoms with Crippen LogP contribution in [0.2, 0.25) is 0 Å². The summed E-state index contributed by atoms with van der Waals surface area (Å²) in [5.41, 5.74) is 2.17. The topological polar surface area (TPSA) is 54.4 Å². The van der Waals surface area contributed by atoms with Crippen LogP contribution in [0.15, 0.2) is 24.4 Å². The van der Waals surface area contributed by atoms with E-state index in [2.05, 4.69) is 10.3 Å². The van der Waals surface area contributed by atoms with Gasteiger partial charge in [0, 0.05) is 23.8 Å². The number of fused-ring (bicyclic) bond motifs is 1. The van der Waals surface area contributed by atoms with Gasteiger partial charge in [0.05, 0.1) is 12.7 Å². The summed E-state index contributed by atoms with van der Waals surface area (Å²) in [7, 11) is 1.64. The van der Waals surface area contributed by atoms with E-state index in [1.165, 1.54) is 0 Å². The van der Waals surface area contributed by atoms with Gasteiger partial charge in [0.1, 0.15) is 11.3 Å². The molecule has 1 heterocycles. The van der Waals surface area contributed by atoms with Crippen molar-refractivity contribution in [2.24, 2.45) is 0 Å². The van der Waals surface area contributed by atoms with Gasteiger partial charge < -0.3 is 15.2 Å². The number of nitrogens with zero attached hydrogens (tertiary/aromatic N) is 1. The van der Waals surface area contributed by atoms with Crippen molar-refractivity contribution in [1.29, 1.82) is 0 Å². The van der Waals surface area contributed by atoms with E-state index in [0.29, 0.717) is 13.0 Å². The molecule has 1 unspecified atom stereocenters. The average Bonchev–Trinajstić information content (AvgIpc) is 2.45. The lowest BCUT2D eigenvalue weighted by atomic mass is 10.0. The van der Waals surface area contributed by atoms with E-state index >= 15 is 0 Å². The predicted molar refractivity (Wildman–Crippen MR) is 82.4 cm³/mol. The highest BCUT2D eigenvalue weighted by Gasteiger charge is 2.18. The molecule has 0 saturated carbocycles. The van der Waals surface area contributed by atoms with Crippen LogP contribution in [0.1, 0.15) is 25.8 Å². The van der Waals surface area contributed by atoms with Crippen LogP contribution < -0.4 is 10.1 Å². The summed E-state index contributed by atoms with van der Waals surface area (Å²) in [6.45, 7) is 6.32. The molecule has 1 aromatic carbocycles. The number of pyridine rings is 1. The number of anilines is 1. The molecule has 0 fully saturated rings. The Morgan fingerprint density at radius 1 is 1.40 bits per heavy atom. The molecule has 2 aromatic rings. The van der Waals surface area contributed by atoms with E-state index in [1.807, 2.05) is 45.2 Å². The minimum atomic E-state index is -0.721. The number of methoxy groups -OCH3 is 1. The summed E-state index contributed by atoms with van der Waals surface area (Å²) in [5.74, 6) is 0.757. The van der Waals surface area contributed by atoms with Crippen LogP contribution in [0.5, 0.6) is 5.75 Å². The maximum atomic E-state index is 10.1. The summed E-state index contributed by atoms with van der Waals surface area (Å²) < 4.78 is 5.35. The van der Waals surface area contributed by atoms with Gasteiger partial charge in [-0.3, -0.25) is 4.98 Å². The molecule has 2 N–H and O–H groups in total. The molecule has 0 spiro atoms. The molecule has 0 amide bonds. The van der Waals surface area contributed by atoms with E-state index in [4.69, 9.17) is 4.74 Å². The van der Waals surface area contributed by atoms with Gasteiger partial charge in [-0.25, -0.2) is 0 Å². The van der Waals surface area contributed by atoms with Gasteiger partial charge >= 0.3 is 0 Å². The normalized spacial score (nSPS) is 14.1. The third-order valence-corrected chi connectivity index (χ3v) is 3.68. The van der Waals surface area contributed by atoms with Crippen molar-refractivity contribution >= 4 is 16.6 Å². The van der Waals surface area contributed by atoms with Crippen LogP contribution in [0.4, 0.5) is 5.69 Å². The lowest BCUT2D eigenvalue weighted by Crippen LogP contribution is -2.32. The maximum absolute atomic E-state index is 10.1. The Morgan fingerprint density at radius 2 is 2.15 bits per heavy atom. The van der Waals surface area contributed by atoms with Gasteiger partial charge in [-0.2, -0.15) is 0 Å². The molecule has 1 aromatic heterocycles. The molecule has 0 aliphatic heterocycles. The minimum Gasteiger partial charge on any atom is -0.494 e. The first kappa shape index (κ1) is 14.6. The molecular weight excluding hydrogens is 252 g/mol. The second kappa shape index (κ2) is 5.67. The summed E-state index contributed by atoms with van der Waals surface area (Å²) in [5, 5.41) is 14.5.